The van der Waals surface area contributed by atoms with Crippen LogP contribution in [0.4, 0.5) is 0 Å². The van der Waals surface area contributed by atoms with Gasteiger partial charge in [-0.3, -0.25) is 5.32 Å². The number of carbonyl (C=O) groups is 2. The Balaban J connectivity index is 3.90. The minimum Gasteiger partial charge on any atom is -0.480 e. The standard InChI is InChI=1S/C5H10N2O4/c6-1-2-7-3(4(8)9)5(10)11/h3,7H,1-2,6H2,(H,8,9)(H,10,11). The van der Waals surface area contributed by atoms with Crippen LogP contribution in [0.2, 0.25) is 0 Å². The molecular formula is C5H10N2O4. The second-order valence-electron chi connectivity index (χ2n) is 1.85. The van der Waals surface area contributed by atoms with Crippen molar-refractivity contribution in [3.63, 3.8) is 0 Å². The average Bonchev–Trinajstić information content (AvgIpc) is 1.87. The molecule has 0 saturated heterocycles. The van der Waals surface area contributed by atoms with E-state index in [-0.39, 0.29) is 13.1 Å². The molecule has 0 fully saturated rings. The van der Waals surface area contributed by atoms with Crippen LogP contribution < -0.4 is 11.1 Å². The lowest BCUT2D eigenvalue weighted by Gasteiger charge is -2.07. The van der Waals surface area contributed by atoms with Crippen LogP contribution >= 0.6 is 0 Å². The topological polar surface area (TPSA) is 113 Å². The third-order valence-corrected chi connectivity index (χ3v) is 0.987. The summed E-state index contributed by atoms with van der Waals surface area (Å²) in [5.41, 5.74) is 5.03. The molecule has 0 heterocycles. The molecule has 0 bridgehead atoms. The number of rotatable bonds is 5. The Labute approximate surface area is 63.0 Å². The molecule has 0 aliphatic rings. The van der Waals surface area contributed by atoms with Crippen molar-refractivity contribution in [1.82, 2.24) is 5.32 Å². The second-order valence-corrected chi connectivity index (χ2v) is 1.85. The van der Waals surface area contributed by atoms with Crippen molar-refractivity contribution in [1.29, 1.82) is 0 Å². The van der Waals surface area contributed by atoms with Crippen LogP contribution in [0.5, 0.6) is 0 Å². The lowest BCUT2D eigenvalue weighted by molar-refractivity contribution is -0.150. The van der Waals surface area contributed by atoms with Crippen molar-refractivity contribution < 1.29 is 19.8 Å². The van der Waals surface area contributed by atoms with Gasteiger partial charge in [0.1, 0.15) is 0 Å². The van der Waals surface area contributed by atoms with Crippen LogP contribution in [0.1, 0.15) is 0 Å². The summed E-state index contributed by atoms with van der Waals surface area (Å²) in [7, 11) is 0. The molecule has 11 heavy (non-hydrogen) atoms. The van der Waals surface area contributed by atoms with Crippen molar-refractivity contribution in [2.45, 2.75) is 6.04 Å². The van der Waals surface area contributed by atoms with Crippen molar-refractivity contribution in [2.75, 3.05) is 13.1 Å². The van der Waals surface area contributed by atoms with E-state index in [1.165, 1.54) is 0 Å². The number of nitrogens with one attached hydrogen (secondary N) is 1. The summed E-state index contributed by atoms with van der Waals surface area (Å²) in [6.45, 7) is 0.375. The Bertz CT molecular complexity index is 145. The van der Waals surface area contributed by atoms with Gasteiger partial charge in [-0.1, -0.05) is 0 Å². The molecule has 0 atom stereocenters. The van der Waals surface area contributed by atoms with Crippen molar-refractivity contribution >= 4 is 11.9 Å². The zero-order valence-electron chi connectivity index (χ0n) is 5.78. The number of hydrogen-bond acceptors (Lipinski definition) is 4. The van der Waals surface area contributed by atoms with Gasteiger partial charge in [-0.05, 0) is 0 Å². The highest BCUT2D eigenvalue weighted by Gasteiger charge is 2.23. The van der Waals surface area contributed by atoms with E-state index >= 15 is 0 Å². The van der Waals surface area contributed by atoms with Crippen LogP contribution in [-0.2, 0) is 9.59 Å². The van der Waals surface area contributed by atoms with Gasteiger partial charge in [-0.15, -0.1) is 0 Å². The fraction of sp³-hybridized carbons (Fsp3) is 0.600. The van der Waals surface area contributed by atoms with E-state index < -0.39 is 18.0 Å². The highest BCUT2D eigenvalue weighted by atomic mass is 16.4. The second kappa shape index (κ2) is 4.64. The van der Waals surface area contributed by atoms with E-state index in [9.17, 15) is 9.59 Å². The van der Waals surface area contributed by atoms with Crippen LogP contribution in [0.25, 0.3) is 0 Å². The van der Waals surface area contributed by atoms with E-state index in [1.807, 2.05) is 0 Å². The van der Waals surface area contributed by atoms with Gasteiger partial charge in [0.05, 0.1) is 0 Å². The van der Waals surface area contributed by atoms with Crippen LogP contribution in [0.3, 0.4) is 0 Å². The Morgan fingerprint density at radius 2 is 1.82 bits per heavy atom. The summed E-state index contributed by atoms with van der Waals surface area (Å²) < 4.78 is 0. The Morgan fingerprint density at radius 1 is 1.36 bits per heavy atom. The average molecular weight is 162 g/mol. The molecule has 0 saturated carbocycles. The summed E-state index contributed by atoms with van der Waals surface area (Å²) in [6.07, 6.45) is 0. The molecule has 0 aromatic carbocycles. The van der Waals surface area contributed by atoms with E-state index in [0.717, 1.165) is 0 Å². The summed E-state index contributed by atoms with van der Waals surface area (Å²) in [4.78, 5) is 20.3. The molecule has 0 spiro atoms. The smallest absolute Gasteiger partial charge is 0.332 e. The maximum atomic E-state index is 10.2. The number of aliphatic carboxylic acids is 2. The number of nitrogens with two attached hydrogens (primary N) is 1. The zero-order valence-corrected chi connectivity index (χ0v) is 5.78. The first kappa shape index (κ1) is 9.86. The Morgan fingerprint density at radius 3 is 2.09 bits per heavy atom. The molecule has 0 aliphatic heterocycles. The minimum absolute atomic E-state index is 0.170. The molecule has 0 aromatic rings. The van der Waals surface area contributed by atoms with Crippen LogP contribution in [0.15, 0.2) is 0 Å². The van der Waals surface area contributed by atoms with Crippen molar-refractivity contribution in [3.8, 4) is 0 Å². The summed E-state index contributed by atoms with van der Waals surface area (Å²) >= 11 is 0. The normalized spacial score (nSPS) is 10.0. The maximum absolute atomic E-state index is 10.2. The van der Waals surface area contributed by atoms with Crippen molar-refractivity contribution in [3.05, 3.63) is 0 Å². The van der Waals surface area contributed by atoms with Gasteiger partial charge >= 0.3 is 11.9 Å². The highest BCUT2D eigenvalue weighted by molar-refractivity contribution is 5.97. The first-order chi connectivity index (χ1) is 5.09. The van der Waals surface area contributed by atoms with Gasteiger partial charge in [-0.25, -0.2) is 9.59 Å². The molecule has 5 N–H and O–H groups in total. The van der Waals surface area contributed by atoms with Gasteiger partial charge in [0.25, 0.3) is 0 Å². The zero-order chi connectivity index (χ0) is 8.85. The summed E-state index contributed by atoms with van der Waals surface area (Å²) in [6, 6.07) is -1.56. The molecule has 0 radical (unpaired) electrons. The van der Waals surface area contributed by atoms with Crippen molar-refractivity contribution in [2.24, 2.45) is 5.73 Å². The van der Waals surface area contributed by atoms with Gasteiger partial charge in [0, 0.05) is 13.1 Å². The van der Waals surface area contributed by atoms with Crippen LogP contribution in [-0.4, -0.2) is 41.3 Å². The summed E-state index contributed by atoms with van der Waals surface area (Å²) in [5, 5.41) is 18.8. The number of carboxylic acids is 2. The fourth-order valence-corrected chi connectivity index (χ4v) is 0.508. The first-order valence-corrected chi connectivity index (χ1v) is 2.98. The molecule has 0 aromatic heterocycles. The van der Waals surface area contributed by atoms with Crippen LogP contribution in [0, 0.1) is 0 Å². The van der Waals surface area contributed by atoms with Gasteiger partial charge in [0.2, 0.25) is 6.04 Å². The van der Waals surface area contributed by atoms with Gasteiger partial charge in [0.15, 0.2) is 0 Å². The number of carboxylic acid groups (broad SMARTS) is 2. The third-order valence-electron chi connectivity index (χ3n) is 0.987. The SMILES string of the molecule is NCCNC(C(=O)O)C(=O)O. The lowest BCUT2D eigenvalue weighted by Crippen LogP contribution is -2.45. The van der Waals surface area contributed by atoms with E-state index in [2.05, 4.69) is 5.32 Å². The predicted octanol–water partition coefficient (Wildman–Crippen LogP) is -1.93. The predicted molar refractivity (Wildman–Crippen MR) is 36.1 cm³/mol. The van der Waals surface area contributed by atoms with Gasteiger partial charge < -0.3 is 15.9 Å². The molecule has 6 heteroatoms. The molecule has 6 nitrogen and oxygen atoms in total. The Kier molecular flexibility index (Phi) is 4.16. The summed E-state index contributed by atoms with van der Waals surface area (Å²) in [5.74, 6) is -2.82. The molecular weight excluding hydrogens is 152 g/mol. The molecule has 0 unspecified atom stereocenters. The van der Waals surface area contributed by atoms with E-state index in [4.69, 9.17) is 15.9 Å². The molecule has 0 rings (SSSR count). The largest absolute Gasteiger partial charge is 0.480 e. The molecule has 0 aliphatic carbocycles. The Hall–Kier alpha value is -1.14. The van der Waals surface area contributed by atoms with Gasteiger partial charge in [-0.2, -0.15) is 0 Å². The highest BCUT2D eigenvalue weighted by Crippen LogP contribution is 1.82. The maximum Gasteiger partial charge on any atom is 0.332 e. The van der Waals surface area contributed by atoms with E-state index in [0.29, 0.717) is 0 Å². The lowest BCUT2D eigenvalue weighted by atomic mass is 10.3. The fourth-order valence-electron chi connectivity index (χ4n) is 0.508. The number of hydrogen-bond donors (Lipinski definition) is 4. The third kappa shape index (κ3) is 3.54. The monoisotopic (exact) mass is 162 g/mol. The van der Waals surface area contributed by atoms with E-state index in [1.54, 1.807) is 0 Å². The quantitative estimate of drug-likeness (QED) is 0.350. The minimum atomic E-state index is -1.56. The molecule has 0 amide bonds. The first-order valence-electron chi connectivity index (χ1n) is 2.98. The molecule has 64 valence electrons.